The molecule has 0 spiro atoms. The molecule has 0 aliphatic rings. The Labute approximate surface area is 138 Å². The number of halogens is 1. The standard InChI is InChI=1S/C18H22N2O.ClH/c1-13-6-8-16(9-7-13)17-5-3-4-15(11-17)12-20-18(21)10-14(2)19;/h3-9,11,14H,10,12,19H2,1-2H3,(H,20,21);1H. The molecule has 2 aromatic carbocycles. The van der Waals surface area contributed by atoms with E-state index in [4.69, 9.17) is 5.73 Å². The van der Waals surface area contributed by atoms with E-state index in [2.05, 4.69) is 48.6 Å². The number of amides is 1. The first-order valence-corrected chi connectivity index (χ1v) is 7.23. The van der Waals surface area contributed by atoms with Crippen LogP contribution in [-0.4, -0.2) is 11.9 Å². The SMILES string of the molecule is Cc1ccc(-c2cccc(CNC(=O)CC(C)N)c2)cc1.Cl. The molecule has 1 atom stereocenters. The number of nitrogens with one attached hydrogen (secondary N) is 1. The topological polar surface area (TPSA) is 55.1 Å². The lowest BCUT2D eigenvalue weighted by Crippen LogP contribution is -2.29. The van der Waals surface area contributed by atoms with Crippen LogP contribution >= 0.6 is 12.4 Å². The zero-order valence-corrected chi connectivity index (χ0v) is 13.8. The van der Waals surface area contributed by atoms with Crippen LogP contribution in [0.5, 0.6) is 0 Å². The number of benzene rings is 2. The molecule has 1 unspecified atom stereocenters. The molecule has 0 bridgehead atoms. The summed E-state index contributed by atoms with van der Waals surface area (Å²) >= 11 is 0. The van der Waals surface area contributed by atoms with Crippen molar-refractivity contribution in [3.05, 3.63) is 59.7 Å². The third-order valence-corrected chi connectivity index (χ3v) is 3.31. The van der Waals surface area contributed by atoms with E-state index in [0.29, 0.717) is 13.0 Å². The fraction of sp³-hybridized carbons (Fsp3) is 0.278. The number of carbonyl (C=O) groups excluding carboxylic acids is 1. The highest BCUT2D eigenvalue weighted by Crippen LogP contribution is 2.20. The van der Waals surface area contributed by atoms with Crippen LogP contribution in [0, 0.1) is 6.92 Å². The van der Waals surface area contributed by atoms with Gasteiger partial charge in [0, 0.05) is 19.0 Å². The number of carbonyl (C=O) groups is 1. The van der Waals surface area contributed by atoms with E-state index in [1.807, 2.05) is 19.1 Å². The van der Waals surface area contributed by atoms with Crippen molar-refractivity contribution in [1.82, 2.24) is 5.32 Å². The van der Waals surface area contributed by atoms with Crippen LogP contribution in [0.2, 0.25) is 0 Å². The van der Waals surface area contributed by atoms with Crippen LogP contribution in [0.25, 0.3) is 11.1 Å². The van der Waals surface area contributed by atoms with E-state index in [1.54, 1.807) is 0 Å². The first-order chi connectivity index (χ1) is 10.0. The minimum Gasteiger partial charge on any atom is -0.352 e. The van der Waals surface area contributed by atoms with Crippen molar-refractivity contribution in [2.75, 3.05) is 0 Å². The lowest BCUT2D eigenvalue weighted by Gasteiger charge is -2.09. The highest BCUT2D eigenvalue weighted by atomic mass is 35.5. The molecule has 0 aliphatic heterocycles. The van der Waals surface area contributed by atoms with Crippen molar-refractivity contribution < 1.29 is 4.79 Å². The fourth-order valence-corrected chi connectivity index (χ4v) is 2.17. The highest BCUT2D eigenvalue weighted by Gasteiger charge is 2.05. The molecule has 118 valence electrons. The maximum absolute atomic E-state index is 11.6. The lowest BCUT2D eigenvalue weighted by atomic mass is 10.0. The van der Waals surface area contributed by atoms with Gasteiger partial charge in [-0.15, -0.1) is 12.4 Å². The molecule has 0 radical (unpaired) electrons. The lowest BCUT2D eigenvalue weighted by molar-refractivity contribution is -0.121. The summed E-state index contributed by atoms with van der Waals surface area (Å²) in [6.45, 7) is 4.44. The van der Waals surface area contributed by atoms with Gasteiger partial charge in [0.1, 0.15) is 0 Å². The van der Waals surface area contributed by atoms with Crippen molar-refractivity contribution in [2.24, 2.45) is 5.73 Å². The average Bonchev–Trinajstić information content (AvgIpc) is 2.45. The largest absolute Gasteiger partial charge is 0.352 e. The van der Waals surface area contributed by atoms with Gasteiger partial charge in [0.2, 0.25) is 5.91 Å². The van der Waals surface area contributed by atoms with Crippen LogP contribution in [0.15, 0.2) is 48.5 Å². The Morgan fingerprint density at radius 3 is 2.45 bits per heavy atom. The van der Waals surface area contributed by atoms with E-state index < -0.39 is 0 Å². The molecule has 0 aliphatic carbocycles. The minimum atomic E-state index is -0.108. The van der Waals surface area contributed by atoms with E-state index in [-0.39, 0.29) is 24.4 Å². The molecule has 0 fully saturated rings. The maximum atomic E-state index is 11.6. The Hall–Kier alpha value is -1.84. The number of nitrogens with two attached hydrogens (primary N) is 1. The maximum Gasteiger partial charge on any atom is 0.221 e. The van der Waals surface area contributed by atoms with Gasteiger partial charge in [0.05, 0.1) is 0 Å². The molecule has 0 saturated carbocycles. The molecule has 2 aromatic rings. The summed E-state index contributed by atoms with van der Waals surface area (Å²) in [6, 6.07) is 16.6. The van der Waals surface area contributed by atoms with Gasteiger partial charge < -0.3 is 11.1 Å². The van der Waals surface area contributed by atoms with Gasteiger partial charge in [0.25, 0.3) is 0 Å². The third kappa shape index (κ3) is 5.51. The molecule has 22 heavy (non-hydrogen) atoms. The number of aryl methyl sites for hydroxylation is 1. The van der Waals surface area contributed by atoms with Crippen molar-refractivity contribution in [3.63, 3.8) is 0 Å². The van der Waals surface area contributed by atoms with E-state index in [9.17, 15) is 4.79 Å². The summed E-state index contributed by atoms with van der Waals surface area (Å²) in [4.78, 5) is 11.6. The Bertz CT molecular complexity index is 609. The number of hydrogen-bond donors (Lipinski definition) is 2. The van der Waals surface area contributed by atoms with Crippen LogP contribution in [0.1, 0.15) is 24.5 Å². The summed E-state index contributed by atoms with van der Waals surface area (Å²) in [6.07, 6.45) is 0.359. The molecule has 3 nitrogen and oxygen atoms in total. The molecule has 1 amide bonds. The van der Waals surface area contributed by atoms with Crippen molar-refractivity contribution >= 4 is 18.3 Å². The van der Waals surface area contributed by atoms with Crippen LogP contribution in [-0.2, 0) is 11.3 Å². The smallest absolute Gasteiger partial charge is 0.221 e. The van der Waals surface area contributed by atoms with Crippen molar-refractivity contribution in [3.8, 4) is 11.1 Å². The van der Waals surface area contributed by atoms with Gasteiger partial charge in [0.15, 0.2) is 0 Å². The number of rotatable bonds is 5. The fourth-order valence-electron chi connectivity index (χ4n) is 2.17. The first-order valence-electron chi connectivity index (χ1n) is 7.23. The van der Waals surface area contributed by atoms with Crippen molar-refractivity contribution in [2.45, 2.75) is 32.9 Å². The molecular weight excluding hydrogens is 296 g/mol. The van der Waals surface area contributed by atoms with Gasteiger partial charge >= 0.3 is 0 Å². The second-order valence-corrected chi connectivity index (χ2v) is 5.52. The third-order valence-electron chi connectivity index (χ3n) is 3.31. The zero-order chi connectivity index (χ0) is 15.2. The summed E-state index contributed by atoms with van der Waals surface area (Å²) in [5, 5.41) is 2.90. The molecule has 4 heteroatoms. The molecule has 0 saturated heterocycles. The molecule has 0 aromatic heterocycles. The van der Waals surface area contributed by atoms with Gasteiger partial charge in [-0.25, -0.2) is 0 Å². The molecule has 3 N–H and O–H groups in total. The molecule has 0 heterocycles. The summed E-state index contributed by atoms with van der Waals surface area (Å²) in [5.41, 5.74) is 10.3. The summed E-state index contributed by atoms with van der Waals surface area (Å²) < 4.78 is 0. The second kappa shape index (κ2) is 8.57. The van der Waals surface area contributed by atoms with E-state index in [0.717, 1.165) is 11.1 Å². The zero-order valence-electron chi connectivity index (χ0n) is 13.0. The summed E-state index contributed by atoms with van der Waals surface area (Å²) in [7, 11) is 0. The minimum absolute atomic E-state index is 0. The monoisotopic (exact) mass is 318 g/mol. The predicted octanol–water partition coefficient (Wildman–Crippen LogP) is 3.44. The number of hydrogen-bond acceptors (Lipinski definition) is 2. The van der Waals surface area contributed by atoms with E-state index >= 15 is 0 Å². The predicted molar refractivity (Wildman–Crippen MR) is 94.0 cm³/mol. The van der Waals surface area contributed by atoms with Gasteiger partial charge in [-0.2, -0.15) is 0 Å². The Morgan fingerprint density at radius 1 is 1.14 bits per heavy atom. The summed E-state index contributed by atoms with van der Waals surface area (Å²) in [5.74, 6) is -0.00858. The van der Waals surface area contributed by atoms with Crippen LogP contribution < -0.4 is 11.1 Å². The highest BCUT2D eigenvalue weighted by molar-refractivity contribution is 5.85. The van der Waals surface area contributed by atoms with Gasteiger partial charge in [-0.05, 0) is 36.6 Å². The quantitative estimate of drug-likeness (QED) is 0.887. The molecule has 2 rings (SSSR count). The van der Waals surface area contributed by atoms with Gasteiger partial charge in [-0.1, -0.05) is 48.0 Å². The van der Waals surface area contributed by atoms with Crippen LogP contribution in [0.3, 0.4) is 0 Å². The first kappa shape index (κ1) is 18.2. The van der Waals surface area contributed by atoms with Gasteiger partial charge in [-0.3, -0.25) is 4.79 Å². The average molecular weight is 319 g/mol. The van der Waals surface area contributed by atoms with E-state index in [1.165, 1.54) is 11.1 Å². The normalized spacial score (nSPS) is 11.4. The van der Waals surface area contributed by atoms with Crippen molar-refractivity contribution in [1.29, 1.82) is 0 Å². The van der Waals surface area contributed by atoms with Crippen LogP contribution in [0.4, 0.5) is 0 Å². The Balaban J connectivity index is 0.00000242. The Morgan fingerprint density at radius 2 is 1.82 bits per heavy atom. The Kier molecular flexibility index (Phi) is 7.09. The molecular formula is C18H23ClN2O. The second-order valence-electron chi connectivity index (χ2n) is 5.52.